The molecule has 1 aliphatic heterocycles. The summed E-state index contributed by atoms with van der Waals surface area (Å²) in [5.41, 5.74) is 15.2. The summed E-state index contributed by atoms with van der Waals surface area (Å²) < 4.78 is 16.4. The average Bonchev–Trinajstić information content (AvgIpc) is 1.69. The maximum atomic E-state index is 6.58. The molecule has 0 amide bonds. The fourth-order valence-electron chi connectivity index (χ4n) is 13.5. The van der Waals surface area contributed by atoms with E-state index in [9.17, 15) is 0 Å². The number of pyridine rings is 4. The molecule has 0 radical (unpaired) electrons. The van der Waals surface area contributed by atoms with Crippen LogP contribution in [0.15, 0.2) is 284 Å². The second kappa shape index (κ2) is 26.8. The van der Waals surface area contributed by atoms with Gasteiger partial charge in [-0.3, -0.25) is 9.97 Å². The third kappa shape index (κ3) is 11.9. The van der Waals surface area contributed by atoms with Crippen LogP contribution in [-0.2, 0) is 9.31 Å². The van der Waals surface area contributed by atoms with E-state index in [4.69, 9.17) is 29.2 Å². The minimum atomic E-state index is -0.446. The fraction of sp³-hybridized carbons (Fsp3) is 0.0909. The molecule has 0 atom stereocenters. The van der Waals surface area contributed by atoms with E-state index in [1.807, 2.05) is 62.5 Å². The van der Waals surface area contributed by atoms with E-state index in [2.05, 4.69) is 290 Å². The highest BCUT2D eigenvalue weighted by Gasteiger charge is 2.52. The molecule has 0 spiro atoms. The summed E-state index contributed by atoms with van der Waals surface area (Å²) in [7, 11) is -0.446. The number of fused-ring (bicyclic) bond motifs is 12. The van der Waals surface area contributed by atoms with E-state index in [0.717, 1.165) is 119 Å². The van der Waals surface area contributed by atoms with Crippen LogP contribution in [0.25, 0.3) is 162 Å². The molecule has 0 aliphatic carbocycles. The van der Waals surface area contributed by atoms with Crippen LogP contribution in [0.4, 0.5) is 0 Å². The summed E-state index contributed by atoms with van der Waals surface area (Å²) in [5, 5.41) is 16.0. The van der Waals surface area contributed by atoms with Gasteiger partial charge in [-0.15, -0.1) is 34.5 Å². The van der Waals surface area contributed by atoms with Crippen molar-refractivity contribution in [3.05, 3.63) is 284 Å². The molecule has 0 saturated carbocycles. The van der Waals surface area contributed by atoms with E-state index in [-0.39, 0.29) is 0 Å². The van der Waals surface area contributed by atoms with E-state index in [1.54, 1.807) is 28.9 Å². The quantitative estimate of drug-likeness (QED) is 0.0534. The Balaban J connectivity index is 0.000000124. The molecule has 6 aromatic heterocycles. The first-order valence-corrected chi connectivity index (χ1v) is 35.8. The second-order valence-electron chi connectivity index (χ2n) is 25.7. The first kappa shape index (κ1) is 63.8. The van der Waals surface area contributed by atoms with Crippen LogP contribution in [0.1, 0.15) is 41.5 Å². The summed E-state index contributed by atoms with van der Waals surface area (Å²) >= 11 is 6.85. The van der Waals surface area contributed by atoms with Crippen molar-refractivity contribution in [2.75, 3.05) is 0 Å². The van der Waals surface area contributed by atoms with Crippen molar-refractivity contribution in [1.82, 2.24) is 29.9 Å². The molecule has 100 heavy (non-hydrogen) atoms. The summed E-state index contributed by atoms with van der Waals surface area (Å²) in [6, 6.07) is 93.6. The molecule has 1 saturated heterocycles. The van der Waals surface area contributed by atoms with Gasteiger partial charge in [-0.05, 0) is 177 Å². The summed E-state index contributed by atoms with van der Waals surface area (Å²) in [6.45, 7) is 12.1. The molecule has 12 aromatic carbocycles. The highest BCUT2D eigenvalue weighted by molar-refractivity contribution is 9.10. The Hall–Kier alpha value is -10.9. The van der Waals surface area contributed by atoms with E-state index in [0.29, 0.717) is 0 Å². The minimum absolute atomic E-state index is 0.412. The van der Waals surface area contributed by atoms with Gasteiger partial charge in [-0.2, -0.15) is 0 Å². The lowest BCUT2D eigenvalue weighted by Crippen LogP contribution is -2.41. The number of aromatic nitrogens is 6. The van der Waals surface area contributed by atoms with Gasteiger partial charge in [-0.25, -0.2) is 19.9 Å². The Kier molecular flexibility index (Phi) is 17.1. The minimum Gasteiger partial charge on any atom is -0.399 e. The fourth-order valence-corrected chi connectivity index (χ4v) is 15.8. The number of halogens is 1. The lowest BCUT2D eigenvalue weighted by atomic mass is 9.71. The summed E-state index contributed by atoms with van der Waals surface area (Å²) in [6.07, 6.45) is 3.64. The molecular formula is C88H64BBrN6O2S2. The van der Waals surface area contributed by atoms with Gasteiger partial charge in [0.2, 0.25) is 0 Å². The van der Waals surface area contributed by atoms with Crippen LogP contribution in [0.3, 0.4) is 0 Å². The molecule has 0 N–H and O–H groups in total. The molecule has 19 rings (SSSR count). The maximum Gasteiger partial charge on any atom is 0.496 e. The van der Waals surface area contributed by atoms with Gasteiger partial charge in [0.15, 0.2) is 0 Å². The predicted octanol–water partition coefficient (Wildman–Crippen LogP) is 23.5. The maximum absolute atomic E-state index is 6.58. The summed E-state index contributed by atoms with van der Waals surface area (Å²) in [4.78, 5) is 28.9. The molecule has 0 unspecified atom stereocenters. The van der Waals surface area contributed by atoms with Crippen LogP contribution >= 0.6 is 38.6 Å². The van der Waals surface area contributed by atoms with Crippen LogP contribution in [0.5, 0.6) is 0 Å². The topological polar surface area (TPSA) is 95.8 Å². The largest absolute Gasteiger partial charge is 0.496 e. The third-order valence-corrected chi connectivity index (χ3v) is 21.7. The Labute approximate surface area is 596 Å². The molecule has 8 nitrogen and oxygen atoms in total. The molecule has 480 valence electrons. The zero-order valence-corrected chi connectivity index (χ0v) is 59.0. The zero-order chi connectivity index (χ0) is 68.1. The number of thiazole rings is 2. The average molecular weight is 1390 g/mol. The molecular weight excluding hydrogens is 1330 g/mol. The molecule has 1 aliphatic rings. The van der Waals surface area contributed by atoms with Crippen molar-refractivity contribution >= 4 is 158 Å². The Morgan fingerprint density at radius 1 is 0.350 bits per heavy atom. The summed E-state index contributed by atoms with van der Waals surface area (Å²) in [5.74, 6) is 5.36. The van der Waals surface area contributed by atoms with Gasteiger partial charge < -0.3 is 9.31 Å². The highest BCUT2D eigenvalue weighted by atomic mass is 79.9. The first-order chi connectivity index (χ1) is 48.9. The second-order valence-corrected chi connectivity index (χ2v) is 28.6. The first-order valence-electron chi connectivity index (χ1n) is 33.3. The molecule has 0 bridgehead atoms. The Morgan fingerprint density at radius 3 is 1.16 bits per heavy atom. The number of nitrogens with zero attached hydrogens (tertiary/aromatic N) is 6. The van der Waals surface area contributed by atoms with Crippen LogP contribution in [-0.4, -0.2) is 48.2 Å². The number of rotatable bonds is 6. The van der Waals surface area contributed by atoms with E-state index >= 15 is 0 Å². The molecule has 18 aromatic rings. The van der Waals surface area contributed by atoms with Crippen molar-refractivity contribution in [3.63, 3.8) is 0 Å². The van der Waals surface area contributed by atoms with Gasteiger partial charge >= 0.3 is 7.12 Å². The zero-order valence-electron chi connectivity index (χ0n) is 55.8. The van der Waals surface area contributed by atoms with Gasteiger partial charge in [-0.1, -0.05) is 218 Å². The third-order valence-electron chi connectivity index (χ3n) is 19.1. The smallest absolute Gasteiger partial charge is 0.399 e. The lowest BCUT2D eigenvalue weighted by Gasteiger charge is -2.32. The number of hydrogen-bond donors (Lipinski definition) is 0. The number of hydrogen-bond acceptors (Lipinski definition) is 10. The van der Waals surface area contributed by atoms with Gasteiger partial charge in [0.25, 0.3) is 0 Å². The van der Waals surface area contributed by atoms with Gasteiger partial charge in [0.1, 0.15) is 14.6 Å². The van der Waals surface area contributed by atoms with Crippen molar-refractivity contribution < 1.29 is 9.31 Å². The van der Waals surface area contributed by atoms with Gasteiger partial charge in [0.05, 0.1) is 59.4 Å². The van der Waals surface area contributed by atoms with Crippen LogP contribution in [0.2, 0.25) is 0 Å². The standard InChI is InChI=1S/C39H23N3S.C33H28BNO2S.C12H7BrN2.C4H6/c1-2-9-26(10-3-1)39-42-33-23-27(19-21-34(33)43-39)35-28-12-4-6-14-30(28)36(31-15-7-5-13-29(31)35)32-20-18-25-17-16-24-11-8-22-40-37(24)38(25)41-32;1-32(2)33(3,4)37-34(36-32)30-25-16-10-8-14-23(25)29(24-15-9-11-17-26(24)30)22-18-19-28-27(20-22)35-31(38-28)21-12-6-5-7-13-21;13-10-6-5-9-4-3-8-2-1-7-14-11(8)12(9)15-10;1-3-4-2/h1-23H;5-20H,1-4H3;1-7H;1-2H3. The van der Waals surface area contributed by atoms with Crippen molar-refractivity contribution in [3.8, 4) is 66.5 Å². The molecule has 12 heteroatoms. The van der Waals surface area contributed by atoms with E-state index < -0.39 is 18.3 Å². The van der Waals surface area contributed by atoms with E-state index in [1.165, 1.54) is 52.8 Å². The van der Waals surface area contributed by atoms with Crippen molar-refractivity contribution in [2.45, 2.75) is 52.7 Å². The molecule has 1 fully saturated rings. The van der Waals surface area contributed by atoms with Crippen molar-refractivity contribution in [2.24, 2.45) is 0 Å². The number of benzene rings is 12. The monoisotopic (exact) mass is 1390 g/mol. The predicted molar refractivity (Wildman–Crippen MR) is 427 cm³/mol. The Morgan fingerprint density at radius 2 is 0.720 bits per heavy atom. The lowest BCUT2D eigenvalue weighted by molar-refractivity contribution is 0.00578. The molecule has 7 heterocycles. The van der Waals surface area contributed by atoms with Crippen molar-refractivity contribution in [1.29, 1.82) is 0 Å². The normalized spacial score (nSPS) is 13.1. The highest BCUT2D eigenvalue weighted by Crippen LogP contribution is 2.46. The van der Waals surface area contributed by atoms with Crippen LogP contribution < -0.4 is 5.46 Å². The van der Waals surface area contributed by atoms with Crippen LogP contribution in [0, 0.1) is 11.8 Å². The Bertz CT molecular complexity index is 6130. The SMILES string of the molecule is Brc1ccc2ccc3cccnc3c2n1.CC#CC.CC1(C)OB(c2c3ccccc3c(-c3ccc4sc(-c5ccccc5)nc4c3)c3ccccc23)OC1(C)C.c1ccc(-c2nc3cc(-c4c5ccccc5c(-c5ccc6ccc7cccnc7c6n5)c5ccccc45)ccc3s2)cc1. The van der Waals surface area contributed by atoms with Gasteiger partial charge in [0, 0.05) is 50.6 Å².